The number of hydrogen-bond donors (Lipinski definition) is 0. The number of ketones is 1. The Morgan fingerprint density at radius 1 is 1.07 bits per heavy atom. The molecule has 0 atom stereocenters. The number of ether oxygens (including phenoxy) is 1. The molecule has 0 spiro atoms. The number of aromatic nitrogens is 1. The van der Waals surface area contributed by atoms with Crippen LogP contribution in [0.3, 0.4) is 0 Å². The zero-order valence-electron chi connectivity index (χ0n) is 15.9. The Morgan fingerprint density at radius 3 is 2.52 bits per heavy atom. The van der Waals surface area contributed by atoms with Crippen LogP contribution in [-0.2, 0) is 6.42 Å². The molecule has 0 aliphatic carbocycles. The summed E-state index contributed by atoms with van der Waals surface area (Å²) in [6.45, 7) is 4.51. The summed E-state index contributed by atoms with van der Waals surface area (Å²) >= 11 is 0. The summed E-state index contributed by atoms with van der Waals surface area (Å²) in [5.74, 6) is 2.40. The highest BCUT2D eigenvalue weighted by Gasteiger charge is 2.11. The molecule has 4 nitrogen and oxygen atoms in total. The van der Waals surface area contributed by atoms with Crippen LogP contribution in [0.1, 0.15) is 48.0 Å². The van der Waals surface area contributed by atoms with E-state index in [-0.39, 0.29) is 5.78 Å². The smallest absolute Gasteiger partial charge is 0.226 e. The van der Waals surface area contributed by atoms with Crippen molar-refractivity contribution in [1.82, 2.24) is 4.98 Å². The van der Waals surface area contributed by atoms with Gasteiger partial charge in [0.2, 0.25) is 5.89 Å². The average Bonchev–Trinajstić information content (AvgIpc) is 3.08. The van der Waals surface area contributed by atoms with Crippen molar-refractivity contribution in [1.29, 1.82) is 0 Å². The van der Waals surface area contributed by atoms with Crippen LogP contribution in [0.25, 0.3) is 11.5 Å². The largest absolute Gasteiger partial charge is 0.493 e. The molecule has 4 heteroatoms. The van der Waals surface area contributed by atoms with Crippen LogP contribution < -0.4 is 4.74 Å². The van der Waals surface area contributed by atoms with E-state index in [1.54, 1.807) is 0 Å². The first-order valence-electron chi connectivity index (χ1n) is 9.45. The minimum Gasteiger partial charge on any atom is -0.493 e. The van der Waals surface area contributed by atoms with E-state index < -0.39 is 0 Å². The van der Waals surface area contributed by atoms with Gasteiger partial charge >= 0.3 is 0 Å². The number of nitrogens with zero attached hydrogens (tertiary/aromatic N) is 1. The normalized spacial score (nSPS) is 10.7. The van der Waals surface area contributed by atoms with Crippen molar-refractivity contribution in [3.63, 3.8) is 0 Å². The summed E-state index contributed by atoms with van der Waals surface area (Å²) in [5, 5.41) is 0. The first-order chi connectivity index (χ1) is 13.2. The summed E-state index contributed by atoms with van der Waals surface area (Å²) in [6.07, 6.45) is 3.23. The van der Waals surface area contributed by atoms with E-state index in [4.69, 9.17) is 9.15 Å². The lowest BCUT2D eigenvalue weighted by Crippen LogP contribution is -2.03. The molecule has 0 unspecified atom stereocenters. The van der Waals surface area contributed by atoms with Gasteiger partial charge in [-0.2, -0.15) is 0 Å². The van der Waals surface area contributed by atoms with Crippen molar-refractivity contribution >= 4 is 5.78 Å². The van der Waals surface area contributed by atoms with Crippen molar-refractivity contribution < 1.29 is 13.9 Å². The Bertz CT molecular complexity index is 866. The predicted octanol–water partition coefficient (Wildman–Crippen LogP) is 5.64. The molecule has 1 aromatic heterocycles. The van der Waals surface area contributed by atoms with Crippen LogP contribution in [0.4, 0.5) is 0 Å². The summed E-state index contributed by atoms with van der Waals surface area (Å²) in [5.41, 5.74) is 2.62. The van der Waals surface area contributed by atoms with Gasteiger partial charge in [0, 0.05) is 24.0 Å². The van der Waals surface area contributed by atoms with Gasteiger partial charge in [-0.15, -0.1) is 0 Å². The average molecular weight is 363 g/mol. The molecule has 3 rings (SSSR count). The third-order valence-corrected chi connectivity index (χ3v) is 4.45. The molecule has 0 N–H and O–H groups in total. The first kappa shape index (κ1) is 18.9. The van der Waals surface area contributed by atoms with Crippen LogP contribution in [-0.4, -0.2) is 17.4 Å². The van der Waals surface area contributed by atoms with Crippen LogP contribution in [0.15, 0.2) is 59.0 Å². The van der Waals surface area contributed by atoms with Gasteiger partial charge in [0.05, 0.1) is 12.3 Å². The van der Waals surface area contributed by atoms with Gasteiger partial charge in [-0.25, -0.2) is 4.98 Å². The summed E-state index contributed by atoms with van der Waals surface area (Å²) < 4.78 is 11.6. The molecule has 140 valence electrons. The van der Waals surface area contributed by atoms with E-state index in [2.05, 4.69) is 11.9 Å². The van der Waals surface area contributed by atoms with E-state index >= 15 is 0 Å². The fourth-order valence-corrected chi connectivity index (χ4v) is 2.85. The van der Waals surface area contributed by atoms with Crippen LogP contribution in [0.5, 0.6) is 5.75 Å². The Morgan fingerprint density at radius 2 is 1.81 bits per heavy atom. The van der Waals surface area contributed by atoms with Gasteiger partial charge in [0.25, 0.3) is 0 Å². The molecule has 1 heterocycles. The monoisotopic (exact) mass is 363 g/mol. The maximum absolute atomic E-state index is 12.0. The van der Waals surface area contributed by atoms with Gasteiger partial charge in [0.15, 0.2) is 5.78 Å². The highest BCUT2D eigenvalue weighted by molar-refractivity contribution is 5.96. The minimum absolute atomic E-state index is 0.190. The molecule has 0 aliphatic heterocycles. The number of carbonyl (C=O) groups excluding carboxylic acids is 1. The second-order valence-electron chi connectivity index (χ2n) is 6.54. The third-order valence-electron chi connectivity index (χ3n) is 4.45. The third kappa shape index (κ3) is 5.07. The number of aryl methyl sites for hydroxylation is 1. The highest BCUT2D eigenvalue weighted by Crippen LogP contribution is 2.22. The van der Waals surface area contributed by atoms with Crippen molar-refractivity contribution in [3.8, 4) is 17.2 Å². The fraction of sp³-hybridized carbons (Fsp3) is 0.304. The summed E-state index contributed by atoms with van der Waals surface area (Å²) in [4.78, 5) is 16.6. The van der Waals surface area contributed by atoms with Crippen molar-refractivity contribution in [2.75, 3.05) is 6.61 Å². The first-order valence-corrected chi connectivity index (χ1v) is 9.45. The molecule has 3 aromatic rings. The number of Topliss-reactive ketones (excluding diaryl/α,β-unsaturated/α-hetero) is 1. The van der Waals surface area contributed by atoms with Gasteiger partial charge in [0.1, 0.15) is 11.5 Å². The molecule has 0 amide bonds. The summed E-state index contributed by atoms with van der Waals surface area (Å²) in [6, 6.07) is 17.2. The van der Waals surface area contributed by atoms with E-state index in [0.717, 1.165) is 41.2 Å². The van der Waals surface area contributed by atoms with Crippen molar-refractivity contribution in [2.45, 2.75) is 39.5 Å². The minimum atomic E-state index is 0.190. The molecule has 0 bridgehead atoms. The Kier molecular flexibility index (Phi) is 6.42. The van der Waals surface area contributed by atoms with Gasteiger partial charge in [-0.1, -0.05) is 31.5 Å². The number of hydrogen-bond acceptors (Lipinski definition) is 4. The number of unbranched alkanes of at least 4 members (excludes halogenated alkanes) is 1. The van der Waals surface area contributed by atoms with Crippen LogP contribution >= 0.6 is 0 Å². The SMILES string of the molecule is CCCCC(=O)c1ccc(OCCc2nc(-c3ccccc3)oc2C)cc1. The quantitative estimate of drug-likeness (QED) is 0.461. The van der Waals surface area contributed by atoms with Crippen molar-refractivity contribution in [2.24, 2.45) is 0 Å². The fourth-order valence-electron chi connectivity index (χ4n) is 2.85. The summed E-state index contributed by atoms with van der Waals surface area (Å²) in [7, 11) is 0. The molecule has 0 aliphatic rings. The molecule has 2 aromatic carbocycles. The molecule has 0 saturated heterocycles. The topological polar surface area (TPSA) is 52.3 Å². The Balaban J connectivity index is 1.54. The Labute approximate surface area is 160 Å². The van der Waals surface area contributed by atoms with Crippen LogP contribution in [0, 0.1) is 6.92 Å². The van der Waals surface area contributed by atoms with E-state index in [1.807, 2.05) is 61.5 Å². The number of carbonyl (C=O) groups is 1. The highest BCUT2D eigenvalue weighted by atomic mass is 16.5. The maximum atomic E-state index is 12.0. The second-order valence-corrected chi connectivity index (χ2v) is 6.54. The number of oxazole rings is 1. The molecule has 0 fully saturated rings. The lowest BCUT2D eigenvalue weighted by Gasteiger charge is -2.06. The molecular formula is C23H25NO3. The van der Waals surface area contributed by atoms with Gasteiger partial charge < -0.3 is 9.15 Å². The van der Waals surface area contributed by atoms with Crippen LogP contribution in [0.2, 0.25) is 0 Å². The standard InChI is InChI=1S/C23H25NO3/c1-3-4-10-22(25)18-11-13-20(14-12-18)26-16-15-21-17(2)27-23(24-21)19-8-6-5-7-9-19/h5-9,11-14H,3-4,10,15-16H2,1-2H3. The second kappa shape index (κ2) is 9.17. The number of benzene rings is 2. The lowest BCUT2D eigenvalue weighted by molar-refractivity contribution is 0.0979. The molecular weight excluding hydrogens is 338 g/mol. The zero-order valence-corrected chi connectivity index (χ0v) is 15.9. The maximum Gasteiger partial charge on any atom is 0.226 e. The molecule has 0 radical (unpaired) electrons. The van der Waals surface area contributed by atoms with E-state index in [9.17, 15) is 4.79 Å². The lowest BCUT2D eigenvalue weighted by atomic mass is 10.1. The Hall–Kier alpha value is -2.88. The molecule has 27 heavy (non-hydrogen) atoms. The van der Waals surface area contributed by atoms with E-state index in [1.165, 1.54) is 0 Å². The predicted molar refractivity (Wildman–Crippen MR) is 106 cm³/mol. The van der Waals surface area contributed by atoms with Gasteiger partial charge in [-0.3, -0.25) is 4.79 Å². The zero-order chi connectivity index (χ0) is 19.1. The van der Waals surface area contributed by atoms with E-state index in [0.29, 0.717) is 25.3 Å². The number of rotatable bonds is 9. The van der Waals surface area contributed by atoms with Crippen molar-refractivity contribution in [3.05, 3.63) is 71.6 Å². The molecule has 0 saturated carbocycles. The van der Waals surface area contributed by atoms with Gasteiger partial charge in [-0.05, 0) is 49.7 Å².